The maximum atomic E-state index is 13.6. The number of imide groups is 2. The molecule has 2 saturated heterocycles. The lowest BCUT2D eigenvalue weighted by Gasteiger charge is -2.26. The molecule has 7 rings (SSSR count). The summed E-state index contributed by atoms with van der Waals surface area (Å²) < 4.78 is 5.49. The van der Waals surface area contributed by atoms with Gasteiger partial charge in [0, 0.05) is 12.1 Å². The molecule has 0 unspecified atom stereocenters. The molecule has 4 bridgehead atoms. The van der Waals surface area contributed by atoms with Crippen molar-refractivity contribution in [2.45, 2.75) is 52.0 Å². The number of nitrogens with zero attached hydrogens (tertiary/aromatic N) is 2. The number of Topliss-reactive ketones (excluding diaryl/α,β-unsaturated/α-hetero) is 1. The second-order valence-electron chi connectivity index (χ2n) is 13.2. The highest BCUT2D eigenvalue weighted by Crippen LogP contribution is 2.54. The number of allylic oxidation sites excluding steroid dienone is 4. The number of esters is 1. The predicted octanol–water partition coefficient (Wildman–Crippen LogP) is 3.18. The van der Waals surface area contributed by atoms with Crippen LogP contribution in [0.3, 0.4) is 0 Å². The number of hydrogen-bond donors (Lipinski definition) is 0. The molecule has 43 heavy (non-hydrogen) atoms. The fourth-order valence-electron chi connectivity index (χ4n) is 8.72. The summed E-state index contributed by atoms with van der Waals surface area (Å²) in [5.41, 5.74) is 2.13. The highest BCUT2D eigenvalue weighted by Gasteiger charge is 2.61. The van der Waals surface area contributed by atoms with Crippen LogP contribution in [-0.2, 0) is 28.7 Å². The minimum atomic E-state index is -1.17. The van der Waals surface area contributed by atoms with Gasteiger partial charge in [-0.3, -0.25) is 33.8 Å². The van der Waals surface area contributed by atoms with Crippen LogP contribution in [0.25, 0.3) is 0 Å². The Morgan fingerprint density at radius 3 is 1.88 bits per heavy atom. The smallest absolute Gasteiger partial charge is 0.329 e. The number of ether oxygens (including phenoxy) is 1. The largest absolute Gasteiger partial charge is 0.456 e. The van der Waals surface area contributed by atoms with E-state index in [1.807, 2.05) is 38.1 Å². The van der Waals surface area contributed by atoms with Crippen LogP contribution in [0.15, 0.2) is 42.5 Å². The van der Waals surface area contributed by atoms with Gasteiger partial charge < -0.3 is 4.74 Å². The SMILES string of the molecule is Cc1ccc(C)c(C(=O)COC(=O)[C@H](CCCCN2C(=O)[C@@H]3[C@H](C2=O)[C@H]2C=C[C@H]3C2)N2C(=O)[C@@H]3[C@H](C2=O)[C@H]2C=C[C@H]3C2)c1. The number of carbonyl (C=O) groups is 6. The Hall–Kier alpha value is -3.88. The quantitative estimate of drug-likeness (QED) is 0.136. The first-order valence-corrected chi connectivity index (χ1v) is 15.5. The lowest BCUT2D eigenvalue weighted by Crippen LogP contribution is -2.47. The van der Waals surface area contributed by atoms with Crippen LogP contribution in [-0.4, -0.2) is 64.4 Å². The number of carbonyl (C=O) groups excluding carboxylic acids is 6. The first-order valence-electron chi connectivity index (χ1n) is 15.5. The molecule has 1 aromatic rings. The van der Waals surface area contributed by atoms with Crippen LogP contribution in [0.1, 0.15) is 53.6 Å². The first kappa shape index (κ1) is 27.9. The molecule has 9 heteroatoms. The summed E-state index contributed by atoms with van der Waals surface area (Å²) in [4.78, 5) is 82.2. The van der Waals surface area contributed by atoms with E-state index in [-0.39, 0.29) is 77.9 Å². The number of benzene rings is 1. The Morgan fingerprint density at radius 2 is 1.33 bits per heavy atom. The van der Waals surface area contributed by atoms with E-state index in [1.165, 1.54) is 4.90 Å². The molecule has 4 fully saturated rings. The number of aryl methyl sites for hydroxylation is 2. The number of rotatable bonds is 10. The van der Waals surface area contributed by atoms with Crippen LogP contribution >= 0.6 is 0 Å². The molecular weight excluding hydrogens is 548 g/mol. The molecule has 0 aromatic heterocycles. The average molecular weight is 585 g/mol. The summed E-state index contributed by atoms with van der Waals surface area (Å²) in [5, 5.41) is 0. The maximum Gasteiger partial charge on any atom is 0.329 e. The van der Waals surface area contributed by atoms with E-state index in [9.17, 15) is 28.8 Å². The summed E-state index contributed by atoms with van der Waals surface area (Å²) in [6, 6.07) is 4.31. The molecule has 4 aliphatic carbocycles. The Morgan fingerprint density at radius 1 is 0.791 bits per heavy atom. The van der Waals surface area contributed by atoms with E-state index in [1.54, 1.807) is 6.07 Å². The third kappa shape index (κ3) is 4.33. The van der Waals surface area contributed by atoms with Gasteiger partial charge in [-0.2, -0.15) is 0 Å². The molecule has 2 saturated carbocycles. The number of unbranched alkanes of at least 4 members (excludes halogenated alkanes) is 1. The monoisotopic (exact) mass is 584 g/mol. The number of ketones is 1. The van der Waals surface area contributed by atoms with Crippen molar-refractivity contribution in [2.24, 2.45) is 47.3 Å². The van der Waals surface area contributed by atoms with Gasteiger partial charge in [0.1, 0.15) is 6.04 Å². The van der Waals surface area contributed by atoms with Crippen LogP contribution in [0.4, 0.5) is 0 Å². The number of hydrogen-bond acceptors (Lipinski definition) is 7. The summed E-state index contributed by atoms with van der Waals surface area (Å²) in [7, 11) is 0. The zero-order valence-corrected chi connectivity index (χ0v) is 24.4. The van der Waals surface area contributed by atoms with Gasteiger partial charge in [0.15, 0.2) is 6.61 Å². The molecule has 1 aromatic carbocycles. The molecule has 0 spiro atoms. The van der Waals surface area contributed by atoms with Gasteiger partial charge in [-0.1, -0.05) is 42.0 Å². The number of amides is 4. The van der Waals surface area contributed by atoms with Crippen molar-refractivity contribution in [1.82, 2.24) is 9.80 Å². The van der Waals surface area contributed by atoms with Crippen molar-refractivity contribution in [2.75, 3.05) is 13.2 Å². The van der Waals surface area contributed by atoms with E-state index >= 15 is 0 Å². The number of likely N-dealkylation sites (tertiary alicyclic amines) is 2. The van der Waals surface area contributed by atoms with Gasteiger partial charge in [0.05, 0.1) is 23.7 Å². The van der Waals surface area contributed by atoms with E-state index in [4.69, 9.17) is 4.74 Å². The molecule has 0 N–H and O–H groups in total. The predicted molar refractivity (Wildman–Crippen MR) is 153 cm³/mol. The first-order chi connectivity index (χ1) is 20.7. The summed E-state index contributed by atoms with van der Waals surface area (Å²) >= 11 is 0. The van der Waals surface area contributed by atoms with Crippen molar-refractivity contribution in [1.29, 1.82) is 0 Å². The summed E-state index contributed by atoms with van der Waals surface area (Å²) in [6.07, 6.45) is 10.7. The second kappa shape index (κ2) is 10.4. The minimum absolute atomic E-state index is 0.00424. The minimum Gasteiger partial charge on any atom is -0.456 e. The van der Waals surface area contributed by atoms with Crippen LogP contribution < -0.4 is 0 Å². The van der Waals surface area contributed by atoms with E-state index < -0.39 is 30.5 Å². The lowest BCUT2D eigenvalue weighted by atomic mass is 9.85. The van der Waals surface area contributed by atoms with Gasteiger partial charge in [0.2, 0.25) is 29.4 Å². The fourth-order valence-corrected chi connectivity index (χ4v) is 8.72. The molecule has 6 aliphatic rings. The Labute approximate surface area is 250 Å². The zero-order chi connectivity index (χ0) is 30.2. The van der Waals surface area contributed by atoms with Gasteiger partial charge in [-0.05, 0) is 81.3 Å². The van der Waals surface area contributed by atoms with Crippen LogP contribution in [0.5, 0.6) is 0 Å². The van der Waals surface area contributed by atoms with Gasteiger partial charge >= 0.3 is 5.97 Å². The summed E-state index contributed by atoms with van der Waals surface area (Å²) in [6.45, 7) is 3.42. The van der Waals surface area contributed by atoms with Crippen molar-refractivity contribution in [3.05, 3.63) is 59.2 Å². The fraction of sp³-hybridized carbons (Fsp3) is 0.529. The Kier molecular flexibility index (Phi) is 6.74. The standard InChI is InChI=1S/C34H36N2O7/c1-17-6-7-18(2)23(13-17)25(37)16-43-34(42)24(36-32(40)28-21-10-11-22(15-21)29(28)33(36)41)5-3-4-12-35-30(38)26-19-8-9-20(14-19)27(26)31(35)39/h6-11,13,19-22,24,26-29H,3-5,12,14-16H2,1-2H3/t19-,20-,21-,22-,24-,26-,27+,28-,29+/m0/s1. The average Bonchev–Trinajstić information content (AvgIpc) is 3.84. The highest BCUT2D eigenvalue weighted by molar-refractivity contribution is 6.09. The Bertz CT molecular complexity index is 1450. The molecule has 9 atom stereocenters. The van der Waals surface area contributed by atoms with E-state index in [0.717, 1.165) is 28.9 Å². The maximum absolute atomic E-state index is 13.6. The second-order valence-corrected chi connectivity index (χ2v) is 13.2. The van der Waals surface area contributed by atoms with Gasteiger partial charge in [-0.25, -0.2) is 4.79 Å². The topological polar surface area (TPSA) is 118 Å². The highest BCUT2D eigenvalue weighted by atomic mass is 16.5. The van der Waals surface area contributed by atoms with Gasteiger partial charge in [-0.15, -0.1) is 0 Å². The molecule has 2 aliphatic heterocycles. The molecule has 4 amide bonds. The molecule has 224 valence electrons. The third-order valence-corrected chi connectivity index (χ3v) is 10.8. The van der Waals surface area contributed by atoms with Crippen molar-refractivity contribution >= 4 is 35.4 Å². The van der Waals surface area contributed by atoms with Crippen molar-refractivity contribution < 1.29 is 33.5 Å². The lowest BCUT2D eigenvalue weighted by molar-refractivity contribution is -0.159. The normalized spacial score (nSPS) is 33.6. The Balaban J connectivity index is 1.03. The van der Waals surface area contributed by atoms with Gasteiger partial charge in [0.25, 0.3) is 0 Å². The van der Waals surface area contributed by atoms with Crippen LogP contribution in [0.2, 0.25) is 0 Å². The van der Waals surface area contributed by atoms with Crippen LogP contribution in [0, 0.1) is 61.2 Å². The summed E-state index contributed by atoms with van der Waals surface area (Å²) in [5.74, 6) is -3.26. The molecule has 0 radical (unpaired) electrons. The third-order valence-electron chi connectivity index (χ3n) is 10.8. The molecular formula is C34H36N2O7. The number of fused-ring (bicyclic) bond motifs is 10. The van der Waals surface area contributed by atoms with Crippen molar-refractivity contribution in [3.8, 4) is 0 Å². The molecule has 2 heterocycles. The van der Waals surface area contributed by atoms with Crippen molar-refractivity contribution in [3.63, 3.8) is 0 Å². The zero-order valence-electron chi connectivity index (χ0n) is 24.4. The molecule has 9 nitrogen and oxygen atoms in total. The van der Waals surface area contributed by atoms with E-state index in [0.29, 0.717) is 18.4 Å². The van der Waals surface area contributed by atoms with E-state index in [2.05, 4.69) is 12.2 Å².